The van der Waals surface area contributed by atoms with E-state index in [-0.39, 0.29) is 0 Å². The van der Waals surface area contributed by atoms with E-state index < -0.39 is 0 Å². The summed E-state index contributed by atoms with van der Waals surface area (Å²) in [6, 6.07) is 6.48. The lowest BCUT2D eigenvalue weighted by atomic mass is 9.87. The zero-order valence-electron chi connectivity index (χ0n) is 11.8. The molecule has 1 N–H and O–H groups in total. The highest BCUT2D eigenvalue weighted by atomic mass is 16.5. The maximum atomic E-state index is 6.12. The topological polar surface area (TPSA) is 21.3 Å². The number of hydrogen-bond acceptors (Lipinski definition) is 2. The van der Waals surface area contributed by atoms with E-state index >= 15 is 0 Å². The molecule has 1 aliphatic rings. The lowest BCUT2D eigenvalue weighted by Gasteiger charge is -2.29. The van der Waals surface area contributed by atoms with Crippen LogP contribution in [0.15, 0.2) is 18.2 Å². The molecule has 100 valence electrons. The second kappa shape index (κ2) is 6.24. The predicted molar refractivity (Wildman–Crippen MR) is 76.2 cm³/mol. The molecule has 0 radical (unpaired) electrons. The van der Waals surface area contributed by atoms with Crippen molar-refractivity contribution in [1.82, 2.24) is 5.32 Å². The fourth-order valence-electron chi connectivity index (χ4n) is 2.94. The summed E-state index contributed by atoms with van der Waals surface area (Å²) in [5.74, 6) is 1.89. The van der Waals surface area contributed by atoms with Crippen LogP contribution >= 0.6 is 0 Å². The molecule has 0 spiro atoms. The molecule has 1 aromatic carbocycles. The Hall–Kier alpha value is -1.02. The molecule has 0 bridgehead atoms. The summed E-state index contributed by atoms with van der Waals surface area (Å²) in [5.41, 5.74) is 2.57. The van der Waals surface area contributed by atoms with E-state index in [9.17, 15) is 0 Å². The van der Waals surface area contributed by atoms with Crippen LogP contribution in [0.4, 0.5) is 0 Å². The summed E-state index contributed by atoms with van der Waals surface area (Å²) >= 11 is 0. The highest BCUT2D eigenvalue weighted by Crippen LogP contribution is 2.28. The minimum atomic E-state index is 0.416. The summed E-state index contributed by atoms with van der Waals surface area (Å²) in [4.78, 5) is 0. The van der Waals surface area contributed by atoms with Gasteiger partial charge in [0.25, 0.3) is 0 Å². The summed E-state index contributed by atoms with van der Waals surface area (Å²) in [6.07, 6.45) is 5.38. The fourth-order valence-corrected chi connectivity index (χ4v) is 2.94. The van der Waals surface area contributed by atoms with Gasteiger partial charge in [0.05, 0.1) is 6.10 Å². The first kappa shape index (κ1) is 13.4. The molecule has 0 unspecified atom stereocenters. The molecule has 1 saturated carbocycles. The van der Waals surface area contributed by atoms with Gasteiger partial charge < -0.3 is 10.1 Å². The second-order valence-electron chi connectivity index (χ2n) is 5.64. The van der Waals surface area contributed by atoms with E-state index in [1.807, 2.05) is 7.05 Å². The van der Waals surface area contributed by atoms with Gasteiger partial charge in [0.15, 0.2) is 0 Å². The number of ether oxygens (including phenoxy) is 1. The minimum absolute atomic E-state index is 0.416. The van der Waals surface area contributed by atoms with Gasteiger partial charge >= 0.3 is 0 Å². The lowest BCUT2D eigenvalue weighted by molar-refractivity contribution is 0.131. The first-order chi connectivity index (χ1) is 8.67. The summed E-state index contributed by atoms with van der Waals surface area (Å²) in [7, 11) is 2.04. The van der Waals surface area contributed by atoms with Gasteiger partial charge in [-0.2, -0.15) is 0 Å². The molecule has 0 heterocycles. The number of benzene rings is 1. The van der Waals surface area contributed by atoms with E-state index in [0.29, 0.717) is 6.10 Å². The lowest BCUT2D eigenvalue weighted by Crippen LogP contribution is -2.28. The quantitative estimate of drug-likeness (QED) is 0.879. The van der Waals surface area contributed by atoms with Crippen LogP contribution in [0.2, 0.25) is 0 Å². The Morgan fingerprint density at radius 2 is 1.67 bits per heavy atom. The molecule has 1 aliphatic carbocycles. The van der Waals surface area contributed by atoms with Crippen molar-refractivity contribution in [1.29, 1.82) is 0 Å². The normalized spacial score (nSPS) is 23.9. The zero-order chi connectivity index (χ0) is 13.0. The summed E-state index contributed by atoms with van der Waals surface area (Å²) < 4.78 is 6.12. The molecule has 0 atom stereocenters. The van der Waals surface area contributed by atoms with Gasteiger partial charge in [-0.15, -0.1) is 0 Å². The van der Waals surface area contributed by atoms with E-state index in [1.165, 1.54) is 36.8 Å². The van der Waals surface area contributed by atoms with Crippen LogP contribution in [0.25, 0.3) is 0 Å². The van der Waals surface area contributed by atoms with Crippen LogP contribution in [0.5, 0.6) is 5.75 Å². The molecule has 18 heavy (non-hydrogen) atoms. The Bertz CT molecular complexity index is 360. The van der Waals surface area contributed by atoms with Crippen molar-refractivity contribution in [2.45, 2.75) is 45.6 Å². The number of aryl methyl sites for hydroxylation is 2. The maximum Gasteiger partial charge on any atom is 0.120 e. The van der Waals surface area contributed by atoms with Crippen LogP contribution in [0.1, 0.15) is 36.8 Å². The SMILES string of the molecule is CNCC1CCC(Oc2cc(C)cc(C)c2)CC1. The first-order valence-corrected chi connectivity index (χ1v) is 7.07. The van der Waals surface area contributed by atoms with Gasteiger partial charge in [0, 0.05) is 0 Å². The van der Waals surface area contributed by atoms with Crippen molar-refractivity contribution in [3.8, 4) is 5.75 Å². The molecule has 0 aromatic heterocycles. The van der Waals surface area contributed by atoms with Gasteiger partial charge in [-0.05, 0) is 82.3 Å². The third kappa shape index (κ3) is 3.74. The fraction of sp³-hybridized carbons (Fsp3) is 0.625. The average molecular weight is 247 g/mol. The first-order valence-electron chi connectivity index (χ1n) is 7.07. The van der Waals surface area contributed by atoms with Gasteiger partial charge in [0.2, 0.25) is 0 Å². The molecule has 2 rings (SSSR count). The molecular formula is C16H25NO. The third-order valence-corrected chi connectivity index (χ3v) is 3.78. The predicted octanol–water partition coefficient (Wildman–Crippen LogP) is 3.46. The van der Waals surface area contributed by atoms with Crippen LogP contribution in [0.3, 0.4) is 0 Å². The summed E-state index contributed by atoms with van der Waals surface area (Å²) in [5, 5.41) is 3.28. The van der Waals surface area contributed by atoms with Crippen molar-refractivity contribution in [3.63, 3.8) is 0 Å². The van der Waals surface area contributed by atoms with Crippen molar-refractivity contribution in [2.75, 3.05) is 13.6 Å². The Morgan fingerprint density at radius 1 is 1.06 bits per heavy atom. The van der Waals surface area contributed by atoms with Crippen molar-refractivity contribution >= 4 is 0 Å². The van der Waals surface area contributed by atoms with Crippen LogP contribution in [-0.4, -0.2) is 19.7 Å². The molecule has 1 fully saturated rings. The Kier molecular flexibility index (Phi) is 4.65. The van der Waals surface area contributed by atoms with E-state index in [2.05, 4.69) is 37.4 Å². The molecule has 0 amide bonds. The van der Waals surface area contributed by atoms with Crippen molar-refractivity contribution in [3.05, 3.63) is 29.3 Å². The Balaban J connectivity index is 1.87. The highest BCUT2D eigenvalue weighted by molar-refractivity contribution is 5.33. The summed E-state index contributed by atoms with van der Waals surface area (Å²) in [6.45, 7) is 5.41. The number of nitrogens with one attached hydrogen (secondary N) is 1. The monoisotopic (exact) mass is 247 g/mol. The maximum absolute atomic E-state index is 6.12. The van der Waals surface area contributed by atoms with Crippen LogP contribution in [0, 0.1) is 19.8 Å². The molecular weight excluding hydrogens is 222 g/mol. The highest BCUT2D eigenvalue weighted by Gasteiger charge is 2.21. The van der Waals surface area contributed by atoms with Crippen molar-refractivity contribution in [2.24, 2.45) is 5.92 Å². The number of hydrogen-bond donors (Lipinski definition) is 1. The van der Waals surface area contributed by atoms with Gasteiger partial charge in [-0.1, -0.05) is 6.07 Å². The molecule has 2 nitrogen and oxygen atoms in total. The van der Waals surface area contributed by atoms with Gasteiger partial charge in [-0.3, -0.25) is 0 Å². The molecule has 0 saturated heterocycles. The zero-order valence-corrected chi connectivity index (χ0v) is 11.8. The van der Waals surface area contributed by atoms with Crippen molar-refractivity contribution < 1.29 is 4.74 Å². The number of rotatable bonds is 4. The second-order valence-corrected chi connectivity index (χ2v) is 5.64. The average Bonchev–Trinajstić information content (AvgIpc) is 2.31. The van der Waals surface area contributed by atoms with Gasteiger partial charge in [0.1, 0.15) is 5.75 Å². The third-order valence-electron chi connectivity index (χ3n) is 3.78. The standard InChI is InChI=1S/C16H25NO/c1-12-8-13(2)10-16(9-12)18-15-6-4-14(5-7-15)11-17-3/h8-10,14-15,17H,4-7,11H2,1-3H3. The smallest absolute Gasteiger partial charge is 0.120 e. The Labute approximate surface area is 111 Å². The molecule has 0 aliphatic heterocycles. The Morgan fingerprint density at radius 3 is 2.22 bits per heavy atom. The van der Waals surface area contributed by atoms with Crippen LogP contribution < -0.4 is 10.1 Å². The van der Waals surface area contributed by atoms with E-state index in [4.69, 9.17) is 4.74 Å². The largest absolute Gasteiger partial charge is 0.490 e. The molecule has 2 heteroatoms. The van der Waals surface area contributed by atoms with E-state index in [0.717, 1.165) is 18.2 Å². The minimum Gasteiger partial charge on any atom is -0.490 e. The van der Waals surface area contributed by atoms with Crippen LogP contribution in [-0.2, 0) is 0 Å². The van der Waals surface area contributed by atoms with Gasteiger partial charge in [-0.25, -0.2) is 0 Å². The van der Waals surface area contributed by atoms with E-state index in [1.54, 1.807) is 0 Å². The molecule has 1 aromatic rings.